The van der Waals surface area contributed by atoms with Crippen LogP contribution >= 0.6 is 0 Å². The van der Waals surface area contributed by atoms with Crippen molar-refractivity contribution in [2.45, 2.75) is 25.8 Å². The summed E-state index contributed by atoms with van der Waals surface area (Å²) in [6, 6.07) is 7.61. The second-order valence-corrected chi connectivity index (χ2v) is 5.01. The summed E-state index contributed by atoms with van der Waals surface area (Å²) in [5, 5.41) is 2.90. The monoisotopic (exact) mass is 247 g/mol. The van der Waals surface area contributed by atoms with Crippen molar-refractivity contribution in [2.75, 3.05) is 18.9 Å². The van der Waals surface area contributed by atoms with Gasteiger partial charge in [0.05, 0.1) is 0 Å². The fraction of sp³-hybridized carbons (Fsp3) is 0.500. The standard InChI is InChI=1S/C14H21N3O/c1-17(10-11-4-2-5-11)14(18)16-13-7-3-6-12(8-13)9-15/h3,6-8,11H,2,4-5,9-10,15H2,1H3,(H,16,18). The first-order valence-electron chi connectivity index (χ1n) is 6.50. The van der Waals surface area contributed by atoms with Crippen LogP contribution in [0.4, 0.5) is 10.5 Å². The zero-order chi connectivity index (χ0) is 13.0. The zero-order valence-electron chi connectivity index (χ0n) is 10.9. The van der Waals surface area contributed by atoms with Gasteiger partial charge < -0.3 is 16.0 Å². The lowest BCUT2D eigenvalue weighted by Gasteiger charge is -2.30. The molecule has 1 aromatic carbocycles. The van der Waals surface area contributed by atoms with E-state index in [9.17, 15) is 4.79 Å². The van der Waals surface area contributed by atoms with Gasteiger partial charge in [-0.15, -0.1) is 0 Å². The number of nitrogens with zero attached hydrogens (tertiary/aromatic N) is 1. The van der Waals surface area contributed by atoms with Crippen molar-refractivity contribution in [2.24, 2.45) is 11.7 Å². The molecule has 0 heterocycles. The van der Waals surface area contributed by atoms with Crippen molar-refractivity contribution < 1.29 is 4.79 Å². The van der Waals surface area contributed by atoms with Gasteiger partial charge in [0.25, 0.3) is 0 Å². The number of urea groups is 1. The molecule has 2 rings (SSSR count). The topological polar surface area (TPSA) is 58.4 Å². The second-order valence-electron chi connectivity index (χ2n) is 5.01. The lowest BCUT2D eigenvalue weighted by Crippen LogP contribution is -2.37. The van der Waals surface area contributed by atoms with E-state index >= 15 is 0 Å². The Morgan fingerprint density at radius 2 is 2.28 bits per heavy atom. The van der Waals surface area contributed by atoms with Gasteiger partial charge in [0.15, 0.2) is 0 Å². The lowest BCUT2D eigenvalue weighted by atomic mass is 9.85. The van der Waals surface area contributed by atoms with E-state index in [2.05, 4.69) is 5.32 Å². The smallest absolute Gasteiger partial charge is 0.321 e. The Morgan fingerprint density at radius 3 is 2.89 bits per heavy atom. The number of nitrogens with one attached hydrogen (secondary N) is 1. The van der Waals surface area contributed by atoms with Crippen LogP contribution in [0.1, 0.15) is 24.8 Å². The summed E-state index contributed by atoms with van der Waals surface area (Å²) >= 11 is 0. The van der Waals surface area contributed by atoms with E-state index < -0.39 is 0 Å². The molecule has 2 amide bonds. The number of carbonyl (C=O) groups excluding carboxylic acids is 1. The summed E-state index contributed by atoms with van der Waals surface area (Å²) in [5.41, 5.74) is 7.41. The maximum atomic E-state index is 12.0. The molecule has 0 bridgehead atoms. The first-order valence-corrected chi connectivity index (χ1v) is 6.50. The Kier molecular flexibility index (Phi) is 4.20. The van der Waals surface area contributed by atoms with Gasteiger partial charge >= 0.3 is 6.03 Å². The number of carbonyl (C=O) groups is 1. The van der Waals surface area contributed by atoms with Crippen LogP contribution < -0.4 is 11.1 Å². The maximum absolute atomic E-state index is 12.0. The molecular formula is C14H21N3O. The van der Waals surface area contributed by atoms with Crippen LogP contribution in [-0.2, 0) is 6.54 Å². The fourth-order valence-electron chi connectivity index (χ4n) is 2.14. The summed E-state index contributed by atoms with van der Waals surface area (Å²) in [7, 11) is 1.85. The van der Waals surface area contributed by atoms with Gasteiger partial charge in [0.1, 0.15) is 0 Å². The molecule has 1 aromatic rings. The molecule has 98 valence electrons. The molecule has 0 unspecified atom stereocenters. The van der Waals surface area contributed by atoms with Gasteiger partial charge in [-0.2, -0.15) is 0 Å². The number of benzene rings is 1. The molecule has 1 fully saturated rings. The number of hydrogen-bond donors (Lipinski definition) is 2. The van der Waals surface area contributed by atoms with Crippen LogP contribution in [0.25, 0.3) is 0 Å². The predicted octanol–water partition coefficient (Wildman–Crippen LogP) is 2.41. The average Bonchev–Trinajstić information content (AvgIpc) is 2.33. The molecule has 0 atom stereocenters. The maximum Gasteiger partial charge on any atom is 0.321 e. The van der Waals surface area contributed by atoms with E-state index in [1.54, 1.807) is 4.90 Å². The Balaban J connectivity index is 1.88. The molecule has 4 nitrogen and oxygen atoms in total. The highest BCUT2D eigenvalue weighted by atomic mass is 16.2. The first kappa shape index (κ1) is 12.9. The Morgan fingerprint density at radius 1 is 1.50 bits per heavy atom. The highest BCUT2D eigenvalue weighted by Crippen LogP contribution is 2.26. The van der Waals surface area contributed by atoms with Crippen LogP contribution in [-0.4, -0.2) is 24.5 Å². The lowest BCUT2D eigenvalue weighted by molar-refractivity contribution is 0.194. The van der Waals surface area contributed by atoms with Crippen LogP contribution in [0.3, 0.4) is 0 Å². The molecule has 0 radical (unpaired) electrons. The van der Waals surface area contributed by atoms with E-state index in [0.29, 0.717) is 12.5 Å². The highest BCUT2D eigenvalue weighted by Gasteiger charge is 2.21. The van der Waals surface area contributed by atoms with Crippen molar-refractivity contribution >= 4 is 11.7 Å². The summed E-state index contributed by atoms with van der Waals surface area (Å²) in [6.45, 7) is 1.34. The second kappa shape index (κ2) is 5.87. The number of amides is 2. The third kappa shape index (κ3) is 3.23. The molecule has 0 saturated heterocycles. The quantitative estimate of drug-likeness (QED) is 0.858. The van der Waals surface area contributed by atoms with Crippen LogP contribution in [0.15, 0.2) is 24.3 Å². The minimum atomic E-state index is -0.0453. The number of anilines is 1. The summed E-state index contributed by atoms with van der Waals surface area (Å²) < 4.78 is 0. The van der Waals surface area contributed by atoms with Crippen LogP contribution in [0, 0.1) is 5.92 Å². The average molecular weight is 247 g/mol. The molecular weight excluding hydrogens is 226 g/mol. The van der Waals surface area contributed by atoms with E-state index in [1.165, 1.54) is 19.3 Å². The van der Waals surface area contributed by atoms with Gasteiger partial charge in [0.2, 0.25) is 0 Å². The summed E-state index contributed by atoms with van der Waals surface area (Å²) in [4.78, 5) is 13.7. The predicted molar refractivity (Wildman–Crippen MR) is 73.3 cm³/mol. The van der Waals surface area contributed by atoms with Gasteiger partial charge in [-0.1, -0.05) is 18.6 Å². The Bertz CT molecular complexity index is 415. The molecule has 1 aliphatic rings. The third-order valence-corrected chi connectivity index (χ3v) is 3.52. The van der Waals surface area contributed by atoms with Crippen molar-refractivity contribution in [1.29, 1.82) is 0 Å². The normalized spacial score (nSPS) is 15.0. The van der Waals surface area contributed by atoms with Gasteiger partial charge in [-0.25, -0.2) is 4.79 Å². The Labute approximate surface area is 108 Å². The molecule has 1 aliphatic carbocycles. The first-order chi connectivity index (χ1) is 8.69. The Hall–Kier alpha value is -1.55. The van der Waals surface area contributed by atoms with Crippen molar-refractivity contribution in [3.63, 3.8) is 0 Å². The van der Waals surface area contributed by atoms with E-state index in [4.69, 9.17) is 5.73 Å². The molecule has 18 heavy (non-hydrogen) atoms. The van der Waals surface area contributed by atoms with Crippen LogP contribution in [0.2, 0.25) is 0 Å². The molecule has 1 saturated carbocycles. The zero-order valence-corrected chi connectivity index (χ0v) is 10.9. The van der Waals surface area contributed by atoms with Gasteiger partial charge in [0, 0.05) is 25.8 Å². The molecule has 0 aliphatic heterocycles. The minimum Gasteiger partial charge on any atom is -0.327 e. The van der Waals surface area contributed by atoms with Gasteiger partial charge in [-0.05, 0) is 36.5 Å². The van der Waals surface area contributed by atoms with E-state index in [1.807, 2.05) is 31.3 Å². The van der Waals surface area contributed by atoms with Crippen molar-refractivity contribution in [3.8, 4) is 0 Å². The molecule has 0 aromatic heterocycles. The third-order valence-electron chi connectivity index (χ3n) is 3.52. The largest absolute Gasteiger partial charge is 0.327 e. The van der Waals surface area contributed by atoms with Crippen LogP contribution in [0.5, 0.6) is 0 Å². The number of rotatable bonds is 4. The van der Waals surface area contributed by atoms with Crippen molar-refractivity contribution in [3.05, 3.63) is 29.8 Å². The molecule has 4 heteroatoms. The van der Waals surface area contributed by atoms with E-state index in [-0.39, 0.29) is 6.03 Å². The minimum absolute atomic E-state index is 0.0453. The molecule has 3 N–H and O–H groups in total. The number of hydrogen-bond acceptors (Lipinski definition) is 2. The summed E-state index contributed by atoms with van der Waals surface area (Å²) in [6.07, 6.45) is 3.80. The molecule has 0 spiro atoms. The van der Waals surface area contributed by atoms with E-state index in [0.717, 1.165) is 17.8 Å². The fourth-order valence-corrected chi connectivity index (χ4v) is 2.14. The number of nitrogens with two attached hydrogens (primary N) is 1. The van der Waals surface area contributed by atoms with Crippen molar-refractivity contribution in [1.82, 2.24) is 4.90 Å². The summed E-state index contributed by atoms with van der Waals surface area (Å²) in [5.74, 6) is 0.691. The SMILES string of the molecule is CN(CC1CCC1)C(=O)Nc1cccc(CN)c1. The highest BCUT2D eigenvalue weighted by molar-refractivity contribution is 5.89. The van der Waals surface area contributed by atoms with Gasteiger partial charge in [-0.3, -0.25) is 0 Å².